The number of halogens is 2. The first kappa shape index (κ1) is 32.6. The van der Waals surface area contributed by atoms with Crippen LogP contribution in [0.2, 0.25) is 0 Å². The number of hydrogen-bond donors (Lipinski definition) is 1. The molecule has 15 heteroatoms. The number of carboxylic acids is 1. The molecule has 3 aliphatic rings. The van der Waals surface area contributed by atoms with Gasteiger partial charge < -0.3 is 38.1 Å². The fourth-order valence-corrected chi connectivity index (χ4v) is 6.91. The Balaban J connectivity index is 1.16. The molecular formula is C36H32F2N6O7. The molecule has 51 heavy (non-hydrogen) atoms. The van der Waals surface area contributed by atoms with E-state index in [4.69, 9.17) is 18.6 Å². The number of fused-ring (bicyclic) bond motifs is 3. The molecule has 1 N–H and O–H groups in total. The van der Waals surface area contributed by atoms with Gasteiger partial charge >= 0.3 is 5.97 Å². The van der Waals surface area contributed by atoms with Crippen LogP contribution in [0.5, 0.6) is 5.88 Å². The van der Waals surface area contributed by atoms with Crippen molar-refractivity contribution in [2.24, 2.45) is 7.05 Å². The number of alkyl halides is 2. The van der Waals surface area contributed by atoms with Gasteiger partial charge in [-0.25, -0.2) is 28.5 Å². The summed E-state index contributed by atoms with van der Waals surface area (Å²) in [5.41, 5.74) is 1.93. The molecule has 4 aromatic heterocycles. The molecule has 262 valence electrons. The second kappa shape index (κ2) is 12.6. The number of carboxylic acid groups (broad SMARTS) is 1. The third kappa shape index (κ3) is 5.79. The summed E-state index contributed by atoms with van der Waals surface area (Å²) in [6, 6.07) is 10.5. The number of morpholine rings is 1. The Hall–Kier alpha value is -5.59. The molecule has 0 unspecified atom stereocenters. The maximum absolute atomic E-state index is 14.1. The normalized spacial score (nSPS) is 21.2. The maximum Gasteiger partial charge on any atom is 0.326 e. The molecule has 0 amide bonds. The lowest BCUT2D eigenvalue weighted by Crippen LogP contribution is -2.68. The fraction of sp³-hybridized carbons (Fsp3) is 0.361. The van der Waals surface area contributed by atoms with E-state index >= 15 is 0 Å². The molecule has 5 aromatic rings. The number of ether oxygens (including phenoxy) is 3. The number of aryl methyl sites for hydroxylation is 1. The Morgan fingerprint density at radius 3 is 2.67 bits per heavy atom. The van der Waals surface area contributed by atoms with Crippen LogP contribution in [-0.2, 0) is 21.3 Å². The minimum atomic E-state index is -3.00. The molecule has 7 heterocycles. The van der Waals surface area contributed by atoms with Crippen molar-refractivity contribution in [2.45, 2.75) is 43.6 Å². The van der Waals surface area contributed by atoms with Crippen molar-refractivity contribution < 1.29 is 37.3 Å². The molecule has 0 aliphatic carbocycles. The van der Waals surface area contributed by atoms with E-state index in [2.05, 4.69) is 31.7 Å². The van der Waals surface area contributed by atoms with Crippen molar-refractivity contribution in [3.63, 3.8) is 0 Å². The quantitative estimate of drug-likeness (QED) is 0.257. The number of hydrogen-bond acceptors (Lipinski definition) is 11. The SMILES string of the molecule is C[C@@H]1N(c2cc(C#Cc3ccc(=O)n(C)c3)cnc2O[C@H]2C[C@@H](C(=O)O)N(c3nc(C(F)F)nc4c3oc3ccccc34)C2)CCOC12COC2. The van der Waals surface area contributed by atoms with Crippen molar-refractivity contribution in [3.8, 4) is 17.7 Å². The molecule has 0 radical (unpaired) electrons. The van der Waals surface area contributed by atoms with Crippen molar-refractivity contribution in [1.29, 1.82) is 0 Å². The molecule has 8 rings (SSSR count). The number of anilines is 2. The van der Waals surface area contributed by atoms with E-state index in [-0.39, 0.29) is 47.4 Å². The number of furan rings is 1. The van der Waals surface area contributed by atoms with Gasteiger partial charge in [0.2, 0.25) is 11.4 Å². The lowest BCUT2D eigenvalue weighted by molar-refractivity contribution is -0.228. The zero-order valence-electron chi connectivity index (χ0n) is 27.6. The minimum absolute atomic E-state index is 0.00531. The maximum atomic E-state index is 14.1. The van der Waals surface area contributed by atoms with Crippen LogP contribution in [0.25, 0.3) is 22.1 Å². The highest BCUT2D eigenvalue weighted by molar-refractivity contribution is 6.06. The second-order valence-corrected chi connectivity index (χ2v) is 12.9. The van der Waals surface area contributed by atoms with Gasteiger partial charge in [-0.2, -0.15) is 0 Å². The molecule has 3 fully saturated rings. The summed E-state index contributed by atoms with van der Waals surface area (Å²) < 4.78 is 53.8. The summed E-state index contributed by atoms with van der Waals surface area (Å²) in [5.74, 6) is 4.52. The number of carbonyl (C=O) groups is 1. The van der Waals surface area contributed by atoms with Crippen molar-refractivity contribution >= 4 is 39.5 Å². The molecule has 1 spiro atoms. The Labute approximate surface area is 289 Å². The average Bonchev–Trinajstić information content (AvgIpc) is 3.70. The van der Waals surface area contributed by atoms with Crippen LogP contribution in [0.1, 0.15) is 36.7 Å². The predicted molar refractivity (Wildman–Crippen MR) is 180 cm³/mol. The van der Waals surface area contributed by atoms with Crippen LogP contribution in [0.15, 0.2) is 64.1 Å². The van der Waals surface area contributed by atoms with Gasteiger partial charge in [-0.05, 0) is 31.2 Å². The lowest BCUT2D eigenvalue weighted by Gasteiger charge is -2.53. The standard InChI is InChI=1S/C36H32F2N6O7/c1-20-36(18-48-19-36)49-12-11-43(20)25-13-22(8-7-21-9-10-28(45)42(2)16-21)15-39-34(25)50-23-14-26(35(46)47)44(17-23)33-30-29(40-32(41-33)31(37)38)24-5-3-4-6-27(24)51-30/h3-6,9-10,13,15-16,20,23,26,31H,11-12,14,17-19H2,1-2H3,(H,46,47)/t20-,23-,26-/m0/s1. The third-order valence-corrected chi connectivity index (χ3v) is 9.73. The van der Waals surface area contributed by atoms with Crippen LogP contribution in [0.3, 0.4) is 0 Å². The van der Waals surface area contributed by atoms with Gasteiger partial charge in [-0.15, -0.1) is 0 Å². The Morgan fingerprint density at radius 1 is 1.12 bits per heavy atom. The third-order valence-electron chi connectivity index (χ3n) is 9.73. The number of benzene rings is 1. The zero-order valence-corrected chi connectivity index (χ0v) is 27.6. The molecule has 0 bridgehead atoms. The van der Waals surface area contributed by atoms with Crippen LogP contribution < -0.4 is 20.1 Å². The van der Waals surface area contributed by atoms with Gasteiger partial charge in [-0.1, -0.05) is 24.0 Å². The molecule has 3 saturated heterocycles. The first-order valence-electron chi connectivity index (χ1n) is 16.4. The number of para-hydroxylation sites is 1. The van der Waals surface area contributed by atoms with Gasteiger partial charge in [0, 0.05) is 55.0 Å². The summed E-state index contributed by atoms with van der Waals surface area (Å²) in [4.78, 5) is 40.9. The van der Waals surface area contributed by atoms with Gasteiger partial charge in [0.15, 0.2) is 17.2 Å². The van der Waals surface area contributed by atoms with E-state index in [1.807, 2.05) is 13.0 Å². The van der Waals surface area contributed by atoms with Gasteiger partial charge in [0.25, 0.3) is 6.43 Å². The molecule has 3 aliphatic heterocycles. The predicted octanol–water partition coefficient (Wildman–Crippen LogP) is 3.91. The average molecular weight is 699 g/mol. The van der Waals surface area contributed by atoms with Crippen LogP contribution >= 0.6 is 0 Å². The monoisotopic (exact) mass is 698 g/mol. The van der Waals surface area contributed by atoms with Crippen LogP contribution in [-0.4, -0.2) is 87.3 Å². The highest BCUT2D eigenvalue weighted by Gasteiger charge is 2.50. The van der Waals surface area contributed by atoms with E-state index in [1.54, 1.807) is 49.8 Å². The summed E-state index contributed by atoms with van der Waals surface area (Å²) in [5, 5.41) is 10.8. The number of nitrogens with zero attached hydrogens (tertiary/aromatic N) is 6. The smallest absolute Gasteiger partial charge is 0.326 e. The van der Waals surface area contributed by atoms with Crippen molar-refractivity contribution in [1.82, 2.24) is 19.5 Å². The Kier molecular flexibility index (Phi) is 8.07. The number of pyridine rings is 2. The summed E-state index contributed by atoms with van der Waals surface area (Å²) in [6.45, 7) is 3.87. The number of aliphatic carboxylic acids is 1. The number of aromatic nitrogens is 4. The summed E-state index contributed by atoms with van der Waals surface area (Å²) in [7, 11) is 1.65. The lowest BCUT2D eigenvalue weighted by atomic mass is 9.90. The summed E-state index contributed by atoms with van der Waals surface area (Å²) in [6.07, 6.45) is -0.489. The molecule has 13 nitrogen and oxygen atoms in total. The van der Waals surface area contributed by atoms with Crippen LogP contribution in [0, 0.1) is 11.8 Å². The van der Waals surface area contributed by atoms with E-state index in [9.17, 15) is 23.5 Å². The molecule has 3 atom stereocenters. The summed E-state index contributed by atoms with van der Waals surface area (Å²) >= 11 is 0. The Bertz CT molecular complexity index is 2300. The second-order valence-electron chi connectivity index (χ2n) is 12.9. The van der Waals surface area contributed by atoms with Crippen LogP contribution in [0.4, 0.5) is 20.3 Å². The van der Waals surface area contributed by atoms with E-state index in [0.29, 0.717) is 54.1 Å². The van der Waals surface area contributed by atoms with E-state index in [1.165, 1.54) is 15.5 Å². The largest absolute Gasteiger partial charge is 0.480 e. The first-order valence-corrected chi connectivity index (χ1v) is 16.4. The molecule has 0 saturated carbocycles. The highest BCUT2D eigenvalue weighted by atomic mass is 19.3. The fourth-order valence-electron chi connectivity index (χ4n) is 6.91. The molecule has 1 aromatic carbocycles. The Morgan fingerprint density at radius 2 is 1.92 bits per heavy atom. The number of rotatable bonds is 6. The van der Waals surface area contributed by atoms with E-state index in [0.717, 1.165) is 0 Å². The minimum Gasteiger partial charge on any atom is -0.480 e. The van der Waals surface area contributed by atoms with Gasteiger partial charge in [0.1, 0.15) is 34.5 Å². The van der Waals surface area contributed by atoms with Crippen molar-refractivity contribution in [3.05, 3.63) is 82.2 Å². The topological polar surface area (TPSA) is 145 Å². The zero-order chi connectivity index (χ0) is 35.4. The van der Waals surface area contributed by atoms with Crippen molar-refractivity contribution in [2.75, 3.05) is 42.7 Å². The first-order chi connectivity index (χ1) is 24.6. The molecular weight excluding hydrogens is 666 g/mol. The highest BCUT2D eigenvalue weighted by Crippen LogP contribution is 2.41. The van der Waals surface area contributed by atoms with Gasteiger partial charge in [-0.3, -0.25) is 4.79 Å². The van der Waals surface area contributed by atoms with E-state index < -0.39 is 36.0 Å². The van der Waals surface area contributed by atoms with Gasteiger partial charge in [0.05, 0.1) is 32.4 Å².